The largest absolute Gasteiger partial charge is 0.493 e. The van der Waals surface area contributed by atoms with Gasteiger partial charge in [0.15, 0.2) is 11.5 Å². The molecule has 2 aromatic carbocycles. The first kappa shape index (κ1) is 27.5. The first-order valence-electron chi connectivity index (χ1n) is 11.4. The standard InChI is InChI=1S/C24H30N4O6S2/c1-5-28(6-2)36(30,31)19-10-8-18(9-11-19)23-26-27-24(34-23)35-16-22(29)25-14-13-17-7-12-20(32-3)21(15-17)33-4/h7-12,15H,5-6,13-14,16H2,1-4H3,(H,25,29). The van der Waals surface area contributed by atoms with Crippen LogP contribution in [0.15, 0.2) is 57.0 Å². The fraction of sp³-hybridized carbons (Fsp3) is 0.375. The second-order valence-electron chi connectivity index (χ2n) is 7.56. The van der Waals surface area contributed by atoms with Crippen molar-refractivity contribution < 1.29 is 27.1 Å². The van der Waals surface area contributed by atoms with Crippen LogP contribution in [0, 0.1) is 0 Å². The molecule has 0 saturated carbocycles. The molecule has 36 heavy (non-hydrogen) atoms. The summed E-state index contributed by atoms with van der Waals surface area (Å²) >= 11 is 1.13. The van der Waals surface area contributed by atoms with Crippen LogP contribution in [0.4, 0.5) is 0 Å². The van der Waals surface area contributed by atoms with Crippen molar-refractivity contribution in [2.75, 3.05) is 39.6 Å². The van der Waals surface area contributed by atoms with Crippen LogP contribution in [0.25, 0.3) is 11.5 Å². The number of hydrogen-bond acceptors (Lipinski definition) is 9. The van der Waals surface area contributed by atoms with E-state index in [0.717, 1.165) is 17.3 Å². The van der Waals surface area contributed by atoms with E-state index < -0.39 is 10.0 Å². The molecule has 3 rings (SSSR count). The number of aromatic nitrogens is 2. The van der Waals surface area contributed by atoms with Crippen molar-refractivity contribution in [3.8, 4) is 23.0 Å². The van der Waals surface area contributed by atoms with Crippen LogP contribution in [0.5, 0.6) is 11.5 Å². The molecule has 0 aliphatic carbocycles. The van der Waals surface area contributed by atoms with Gasteiger partial charge in [-0.3, -0.25) is 4.79 Å². The van der Waals surface area contributed by atoms with E-state index >= 15 is 0 Å². The molecule has 3 aromatic rings. The Labute approximate surface area is 215 Å². The monoisotopic (exact) mass is 534 g/mol. The fourth-order valence-corrected chi connectivity index (χ4v) is 5.48. The second kappa shape index (κ2) is 12.7. The number of rotatable bonds is 13. The van der Waals surface area contributed by atoms with Gasteiger partial charge < -0.3 is 19.2 Å². The lowest BCUT2D eigenvalue weighted by atomic mass is 10.1. The number of nitrogens with one attached hydrogen (secondary N) is 1. The molecule has 1 N–H and O–H groups in total. The number of hydrogen-bond donors (Lipinski definition) is 1. The summed E-state index contributed by atoms with van der Waals surface area (Å²) in [6.07, 6.45) is 0.640. The molecule has 1 aromatic heterocycles. The highest BCUT2D eigenvalue weighted by molar-refractivity contribution is 7.99. The van der Waals surface area contributed by atoms with Crippen LogP contribution in [0.3, 0.4) is 0 Å². The van der Waals surface area contributed by atoms with Gasteiger partial charge in [-0.2, -0.15) is 4.31 Å². The van der Waals surface area contributed by atoms with Crippen LogP contribution in [-0.4, -0.2) is 68.4 Å². The van der Waals surface area contributed by atoms with Crippen molar-refractivity contribution in [1.29, 1.82) is 0 Å². The van der Waals surface area contributed by atoms with E-state index in [1.165, 1.54) is 16.4 Å². The van der Waals surface area contributed by atoms with Crippen molar-refractivity contribution in [1.82, 2.24) is 19.8 Å². The molecule has 10 nitrogen and oxygen atoms in total. The summed E-state index contributed by atoms with van der Waals surface area (Å²) in [6, 6.07) is 11.9. The zero-order chi connectivity index (χ0) is 26.1. The number of sulfonamides is 1. The summed E-state index contributed by atoms with van der Waals surface area (Å²) in [5.74, 6) is 1.50. The number of methoxy groups -OCH3 is 2. The minimum absolute atomic E-state index is 0.120. The van der Waals surface area contributed by atoms with E-state index in [1.54, 1.807) is 40.2 Å². The third-order valence-electron chi connectivity index (χ3n) is 5.36. The number of benzene rings is 2. The van der Waals surface area contributed by atoms with Gasteiger partial charge in [-0.1, -0.05) is 31.7 Å². The summed E-state index contributed by atoms with van der Waals surface area (Å²) in [4.78, 5) is 12.4. The highest BCUT2D eigenvalue weighted by atomic mass is 32.2. The molecule has 194 valence electrons. The van der Waals surface area contributed by atoms with Crippen LogP contribution in [-0.2, 0) is 21.2 Å². The number of amides is 1. The average Bonchev–Trinajstić information content (AvgIpc) is 3.37. The zero-order valence-electron chi connectivity index (χ0n) is 20.7. The van der Waals surface area contributed by atoms with Crippen LogP contribution in [0.1, 0.15) is 19.4 Å². The summed E-state index contributed by atoms with van der Waals surface area (Å²) in [5.41, 5.74) is 1.60. The Balaban J connectivity index is 1.50. The molecule has 0 saturated heterocycles. The topological polar surface area (TPSA) is 124 Å². The van der Waals surface area contributed by atoms with E-state index in [4.69, 9.17) is 13.9 Å². The lowest BCUT2D eigenvalue weighted by Crippen LogP contribution is -2.30. The Morgan fingerprint density at radius 2 is 1.72 bits per heavy atom. The molecule has 1 heterocycles. The second-order valence-corrected chi connectivity index (χ2v) is 10.4. The Hall–Kier alpha value is -3.09. The molecule has 12 heteroatoms. The molecule has 1 amide bonds. The van der Waals surface area contributed by atoms with E-state index in [2.05, 4.69) is 15.5 Å². The first-order chi connectivity index (χ1) is 17.3. The van der Waals surface area contributed by atoms with Crippen molar-refractivity contribution in [3.63, 3.8) is 0 Å². The maximum absolute atomic E-state index is 12.6. The molecule has 0 aliphatic heterocycles. The van der Waals surface area contributed by atoms with Crippen molar-refractivity contribution in [2.45, 2.75) is 30.4 Å². The van der Waals surface area contributed by atoms with Gasteiger partial charge in [0.2, 0.25) is 21.8 Å². The third-order valence-corrected chi connectivity index (χ3v) is 8.24. The van der Waals surface area contributed by atoms with E-state index in [0.29, 0.717) is 43.1 Å². The molecule has 0 spiro atoms. The molecule has 0 unspecified atom stereocenters. The van der Waals surface area contributed by atoms with Gasteiger partial charge in [0.1, 0.15) is 0 Å². The highest BCUT2D eigenvalue weighted by Crippen LogP contribution is 2.28. The lowest BCUT2D eigenvalue weighted by molar-refractivity contribution is -0.118. The minimum atomic E-state index is -3.54. The van der Waals surface area contributed by atoms with Crippen LogP contribution < -0.4 is 14.8 Å². The summed E-state index contributed by atoms with van der Waals surface area (Å²) in [6.45, 7) is 4.85. The Bertz CT molecular complexity index is 1260. The van der Waals surface area contributed by atoms with Crippen LogP contribution in [0.2, 0.25) is 0 Å². The molecule has 0 bridgehead atoms. The van der Waals surface area contributed by atoms with Gasteiger partial charge in [0.05, 0.1) is 24.9 Å². The van der Waals surface area contributed by atoms with Crippen molar-refractivity contribution in [2.24, 2.45) is 0 Å². The van der Waals surface area contributed by atoms with Gasteiger partial charge >= 0.3 is 0 Å². The fourth-order valence-electron chi connectivity index (χ4n) is 3.43. The number of carbonyl (C=O) groups excluding carboxylic acids is 1. The van der Waals surface area contributed by atoms with Crippen molar-refractivity contribution >= 4 is 27.7 Å². The van der Waals surface area contributed by atoms with E-state index in [-0.39, 0.29) is 27.7 Å². The Morgan fingerprint density at radius 3 is 2.36 bits per heavy atom. The maximum atomic E-state index is 12.6. The number of carbonyl (C=O) groups is 1. The Morgan fingerprint density at radius 1 is 1.03 bits per heavy atom. The predicted molar refractivity (Wildman–Crippen MR) is 137 cm³/mol. The van der Waals surface area contributed by atoms with Gasteiger partial charge in [-0.05, 0) is 48.4 Å². The minimum Gasteiger partial charge on any atom is -0.493 e. The highest BCUT2D eigenvalue weighted by Gasteiger charge is 2.22. The maximum Gasteiger partial charge on any atom is 0.277 e. The Kier molecular flexibility index (Phi) is 9.73. The molecule has 0 atom stereocenters. The molecule has 0 fully saturated rings. The molecule has 0 aliphatic rings. The predicted octanol–water partition coefficient (Wildman–Crippen LogP) is 3.24. The van der Waals surface area contributed by atoms with Gasteiger partial charge in [-0.15, -0.1) is 10.2 Å². The summed E-state index contributed by atoms with van der Waals surface area (Å²) < 4.78 is 42.8. The first-order valence-corrected chi connectivity index (χ1v) is 13.8. The molecular formula is C24H30N4O6S2. The average molecular weight is 535 g/mol. The summed E-state index contributed by atoms with van der Waals surface area (Å²) in [5, 5.41) is 11.1. The van der Waals surface area contributed by atoms with E-state index in [1.807, 2.05) is 18.2 Å². The van der Waals surface area contributed by atoms with Gasteiger partial charge in [0, 0.05) is 25.2 Å². The lowest BCUT2D eigenvalue weighted by Gasteiger charge is -2.18. The van der Waals surface area contributed by atoms with Crippen LogP contribution >= 0.6 is 11.8 Å². The molecule has 0 radical (unpaired) electrons. The smallest absolute Gasteiger partial charge is 0.277 e. The van der Waals surface area contributed by atoms with E-state index in [9.17, 15) is 13.2 Å². The van der Waals surface area contributed by atoms with Gasteiger partial charge in [0.25, 0.3) is 5.22 Å². The molecular weight excluding hydrogens is 504 g/mol. The number of thioether (sulfide) groups is 1. The van der Waals surface area contributed by atoms with Crippen molar-refractivity contribution in [3.05, 3.63) is 48.0 Å². The van der Waals surface area contributed by atoms with Gasteiger partial charge in [-0.25, -0.2) is 8.42 Å². The quantitative estimate of drug-likeness (QED) is 0.329. The third kappa shape index (κ3) is 6.77. The number of ether oxygens (including phenoxy) is 2. The summed E-state index contributed by atoms with van der Waals surface area (Å²) in [7, 11) is -0.377. The SMILES string of the molecule is CCN(CC)S(=O)(=O)c1ccc(-c2nnc(SCC(=O)NCCc3ccc(OC)c(OC)c3)o2)cc1. The normalized spacial score (nSPS) is 11.5. The zero-order valence-corrected chi connectivity index (χ0v) is 22.3. The number of nitrogens with zero attached hydrogens (tertiary/aromatic N) is 3.